The molecule has 0 atom stereocenters. The van der Waals surface area contributed by atoms with Crippen LogP contribution in [0.5, 0.6) is 0 Å². The molecule has 0 radical (unpaired) electrons. The highest BCUT2D eigenvalue weighted by atomic mass is 35.5. The molecule has 26 heavy (non-hydrogen) atoms. The molecule has 140 valence electrons. The number of nitrogens with two attached hydrogens (primary N) is 1. The molecule has 5 N–H and O–H groups in total. The van der Waals surface area contributed by atoms with Gasteiger partial charge in [0.2, 0.25) is 5.96 Å². The van der Waals surface area contributed by atoms with Gasteiger partial charge in [-0.3, -0.25) is 9.76 Å². The molecule has 0 spiro atoms. The Morgan fingerprint density at radius 2 is 1.69 bits per heavy atom. The van der Waals surface area contributed by atoms with Gasteiger partial charge in [-0.25, -0.2) is 5.48 Å². The van der Waals surface area contributed by atoms with E-state index in [9.17, 15) is 8.42 Å². The van der Waals surface area contributed by atoms with Crippen molar-refractivity contribution < 1.29 is 18.2 Å². The lowest BCUT2D eigenvalue weighted by molar-refractivity contribution is 0.232. The monoisotopic (exact) mass is 418 g/mol. The third-order valence-electron chi connectivity index (χ3n) is 2.69. The van der Waals surface area contributed by atoms with Gasteiger partial charge in [0.25, 0.3) is 10.1 Å². The fourth-order valence-corrected chi connectivity index (χ4v) is 2.56. The summed E-state index contributed by atoms with van der Waals surface area (Å²) in [5.41, 5.74) is 8.39. The van der Waals surface area contributed by atoms with Gasteiger partial charge in [0.15, 0.2) is 0 Å². The van der Waals surface area contributed by atoms with E-state index in [1.54, 1.807) is 35.8 Å². The number of nitrogens with zero attached hydrogens (tertiary/aromatic N) is 2. The van der Waals surface area contributed by atoms with Crippen LogP contribution in [0.4, 0.5) is 0 Å². The molecule has 2 aromatic carbocycles. The van der Waals surface area contributed by atoms with Crippen molar-refractivity contribution in [1.29, 1.82) is 0 Å². The number of aryl methyl sites for hydroxylation is 1. The fraction of sp³-hybridized carbons (Fsp3) is 0.0667. The maximum absolute atomic E-state index is 10.5. The van der Waals surface area contributed by atoms with Crippen LogP contribution in [0.1, 0.15) is 11.1 Å². The lowest BCUT2D eigenvalue weighted by atomic mass is 10.2. The molecule has 11 heteroatoms. The summed E-state index contributed by atoms with van der Waals surface area (Å²) in [7, 11) is -4.02. The Hall–Kier alpha value is -2.17. The third-order valence-corrected chi connectivity index (χ3v) is 3.99. The fourth-order valence-electron chi connectivity index (χ4n) is 1.54. The van der Waals surface area contributed by atoms with Crippen LogP contribution in [0.25, 0.3) is 0 Å². The van der Waals surface area contributed by atoms with E-state index < -0.39 is 10.1 Å². The summed E-state index contributed by atoms with van der Waals surface area (Å²) in [6.07, 6.45) is 1.40. The first-order valence-corrected chi connectivity index (χ1v) is 9.08. The number of hydrogen-bond donors (Lipinski definition) is 4. The molecule has 0 amide bonds. The predicted octanol–water partition coefficient (Wildman–Crippen LogP) is 2.86. The Labute approximate surface area is 160 Å². The quantitative estimate of drug-likeness (QED) is 0.261. The Morgan fingerprint density at radius 3 is 2.15 bits per heavy atom. The van der Waals surface area contributed by atoms with Gasteiger partial charge < -0.3 is 5.73 Å². The molecule has 0 aliphatic rings. The van der Waals surface area contributed by atoms with Gasteiger partial charge in [0.1, 0.15) is 0 Å². The SMILES string of the molecule is Cc1ccc(S(=O)(=O)O)cc1.NC(=N/N=C/c1cc(Cl)cc(Cl)c1)NO. The van der Waals surface area contributed by atoms with Crippen molar-refractivity contribution in [2.24, 2.45) is 15.9 Å². The number of nitrogens with one attached hydrogen (secondary N) is 1. The van der Waals surface area contributed by atoms with E-state index in [1.165, 1.54) is 18.3 Å². The Balaban J connectivity index is 0.000000273. The Bertz CT molecular complexity index is 880. The molecule has 8 nitrogen and oxygen atoms in total. The van der Waals surface area contributed by atoms with Crippen molar-refractivity contribution in [3.63, 3.8) is 0 Å². The van der Waals surface area contributed by atoms with Gasteiger partial charge in [0.05, 0.1) is 11.1 Å². The summed E-state index contributed by atoms with van der Waals surface area (Å²) in [5.74, 6) is -0.209. The minimum absolute atomic E-state index is 0.0666. The first kappa shape index (κ1) is 21.9. The second-order valence-electron chi connectivity index (χ2n) is 4.83. The van der Waals surface area contributed by atoms with Crippen molar-refractivity contribution in [3.8, 4) is 0 Å². The summed E-state index contributed by atoms with van der Waals surface area (Å²) in [6.45, 7) is 1.84. The maximum Gasteiger partial charge on any atom is 0.294 e. The molecule has 0 heterocycles. The van der Waals surface area contributed by atoms with Crippen LogP contribution in [-0.4, -0.2) is 30.4 Å². The molecule has 0 aromatic heterocycles. The van der Waals surface area contributed by atoms with E-state index in [-0.39, 0.29) is 10.9 Å². The van der Waals surface area contributed by atoms with Crippen molar-refractivity contribution in [2.45, 2.75) is 11.8 Å². The van der Waals surface area contributed by atoms with E-state index in [0.29, 0.717) is 15.6 Å². The second-order valence-corrected chi connectivity index (χ2v) is 7.13. The van der Waals surface area contributed by atoms with Crippen LogP contribution in [0.2, 0.25) is 10.0 Å². The van der Waals surface area contributed by atoms with Gasteiger partial charge >= 0.3 is 0 Å². The normalized spacial score (nSPS) is 11.8. The van der Waals surface area contributed by atoms with Crippen LogP contribution in [0, 0.1) is 6.92 Å². The molecule has 0 saturated heterocycles. The molecule has 0 aliphatic carbocycles. The van der Waals surface area contributed by atoms with E-state index >= 15 is 0 Å². The maximum atomic E-state index is 10.5. The molecule has 0 aliphatic heterocycles. The molecule has 0 fully saturated rings. The number of rotatable bonds is 3. The standard InChI is InChI=1S/C8H8Cl2N4O.C7H8O3S/c9-6-1-5(2-7(10)3-6)4-12-13-8(11)14-15;1-6-2-4-7(5-3-6)11(8,9)10/h1-4,15H,(H3,11,13,14);2-5H,1H3,(H,8,9,10)/b12-4+;. The topological polar surface area (TPSA) is 137 Å². The zero-order valence-corrected chi connectivity index (χ0v) is 15.8. The van der Waals surface area contributed by atoms with Crippen LogP contribution in [0.15, 0.2) is 57.6 Å². The minimum atomic E-state index is -4.02. The first-order chi connectivity index (χ1) is 12.1. The Morgan fingerprint density at radius 1 is 1.15 bits per heavy atom. The van der Waals surface area contributed by atoms with E-state index in [0.717, 1.165) is 5.56 Å². The molecule has 2 rings (SSSR count). The highest BCUT2D eigenvalue weighted by Crippen LogP contribution is 2.17. The van der Waals surface area contributed by atoms with Gasteiger partial charge in [-0.2, -0.15) is 13.5 Å². The molecule has 0 unspecified atom stereocenters. The number of halogens is 2. The smallest absolute Gasteiger partial charge is 0.294 e. The van der Waals surface area contributed by atoms with Crippen molar-refractivity contribution in [1.82, 2.24) is 5.48 Å². The summed E-state index contributed by atoms with van der Waals surface area (Å²) < 4.78 is 29.6. The summed E-state index contributed by atoms with van der Waals surface area (Å²) in [6, 6.07) is 10.9. The number of hydrogen-bond acceptors (Lipinski definition) is 5. The lowest BCUT2D eigenvalue weighted by Gasteiger charge is -1.95. The van der Waals surface area contributed by atoms with Crippen LogP contribution in [-0.2, 0) is 10.1 Å². The molecule has 0 bridgehead atoms. The summed E-state index contributed by atoms with van der Waals surface area (Å²) in [4.78, 5) is -0.0666. The van der Waals surface area contributed by atoms with Crippen molar-refractivity contribution >= 4 is 45.5 Å². The van der Waals surface area contributed by atoms with Crippen molar-refractivity contribution in [2.75, 3.05) is 0 Å². The average molecular weight is 419 g/mol. The second kappa shape index (κ2) is 10.1. The van der Waals surface area contributed by atoms with Gasteiger partial charge in [-0.15, -0.1) is 5.10 Å². The minimum Gasteiger partial charge on any atom is -0.367 e. The van der Waals surface area contributed by atoms with Crippen LogP contribution in [0.3, 0.4) is 0 Å². The van der Waals surface area contributed by atoms with Crippen LogP contribution >= 0.6 is 23.2 Å². The van der Waals surface area contributed by atoms with E-state index in [2.05, 4.69) is 10.2 Å². The van der Waals surface area contributed by atoms with Gasteiger partial charge in [-0.05, 0) is 42.8 Å². The molecule has 0 saturated carbocycles. The number of benzene rings is 2. The summed E-state index contributed by atoms with van der Waals surface area (Å²) in [5, 5.41) is 16.3. The third kappa shape index (κ3) is 8.28. The van der Waals surface area contributed by atoms with Gasteiger partial charge in [-0.1, -0.05) is 40.9 Å². The lowest BCUT2D eigenvalue weighted by Crippen LogP contribution is -2.27. The first-order valence-electron chi connectivity index (χ1n) is 6.88. The van der Waals surface area contributed by atoms with Crippen LogP contribution < -0.4 is 11.2 Å². The molecule has 2 aromatic rings. The molecular formula is C15H16Cl2N4O4S. The number of guanidine groups is 1. The zero-order chi connectivity index (χ0) is 19.7. The summed E-state index contributed by atoms with van der Waals surface area (Å²) >= 11 is 11.5. The zero-order valence-electron chi connectivity index (χ0n) is 13.5. The van der Waals surface area contributed by atoms with E-state index in [1.807, 2.05) is 6.92 Å². The molecular weight excluding hydrogens is 403 g/mol. The average Bonchev–Trinajstić information content (AvgIpc) is 2.54. The highest BCUT2D eigenvalue weighted by molar-refractivity contribution is 7.85. The van der Waals surface area contributed by atoms with E-state index in [4.69, 9.17) is 38.7 Å². The largest absolute Gasteiger partial charge is 0.367 e. The van der Waals surface area contributed by atoms with Crippen molar-refractivity contribution in [3.05, 3.63) is 63.6 Å². The Kier molecular flexibility index (Phi) is 8.49. The van der Waals surface area contributed by atoms with Gasteiger partial charge in [0, 0.05) is 10.0 Å². The number of hydroxylamine groups is 1. The predicted molar refractivity (Wildman–Crippen MR) is 102 cm³/mol. The highest BCUT2D eigenvalue weighted by Gasteiger charge is 2.06.